The summed E-state index contributed by atoms with van der Waals surface area (Å²) in [6.45, 7) is 0.549. The summed E-state index contributed by atoms with van der Waals surface area (Å²) in [6.07, 6.45) is 1.40. The predicted octanol–water partition coefficient (Wildman–Crippen LogP) is 3.32. The van der Waals surface area contributed by atoms with Gasteiger partial charge in [-0.05, 0) is 42.7 Å². The largest absolute Gasteiger partial charge is 0.494 e. The third-order valence-electron chi connectivity index (χ3n) is 3.18. The van der Waals surface area contributed by atoms with Gasteiger partial charge in [-0.1, -0.05) is 35.9 Å². The lowest BCUT2D eigenvalue weighted by Gasteiger charge is -2.16. The fourth-order valence-corrected chi connectivity index (χ4v) is 2.23. The summed E-state index contributed by atoms with van der Waals surface area (Å²) < 4.78 is 18.8. The van der Waals surface area contributed by atoms with Crippen molar-refractivity contribution in [3.63, 3.8) is 0 Å². The molecule has 0 aliphatic heterocycles. The highest BCUT2D eigenvalue weighted by Crippen LogP contribution is 2.17. The second-order valence-corrected chi connectivity index (χ2v) is 5.17. The van der Waals surface area contributed by atoms with Crippen LogP contribution in [-0.2, 0) is 6.42 Å². The fourth-order valence-electron chi connectivity index (χ4n) is 2.03. The van der Waals surface area contributed by atoms with Crippen LogP contribution >= 0.6 is 11.6 Å². The van der Waals surface area contributed by atoms with Gasteiger partial charge >= 0.3 is 0 Å². The minimum atomic E-state index is -0.412. The van der Waals surface area contributed by atoms with E-state index < -0.39 is 5.82 Å². The molecule has 0 amide bonds. The van der Waals surface area contributed by atoms with E-state index in [1.807, 2.05) is 30.3 Å². The van der Waals surface area contributed by atoms with E-state index in [0.717, 1.165) is 17.7 Å². The normalized spacial score (nSPS) is 12.1. The van der Waals surface area contributed by atoms with Gasteiger partial charge in [0.25, 0.3) is 0 Å². The Balaban J connectivity index is 1.84. The van der Waals surface area contributed by atoms with Crippen LogP contribution in [0.25, 0.3) is 0 Å². The highest BCUT2D eigenvalue weighted by atomic mass is 35.5. The molecule has 3 N–H and O–H groups in total. The summed E-state index contributed by atoms with van der Waals surface area (Å²) >= 11 is 5.77. The van der Waals surface area contributed by atoms with Crippen molar-refractivity contribution >= 4 is 11.6 Å². The van der Waals surface area contributed by atoms with Crippen molar-refractivity contribution in [3.05, 3.63) is 64.9 Å². The number of hydrogen-bond acceptors (Lipinski definition) is 3. The van der Waals surface area contributed by atoms with Gasteiger partial charge in [0, 0.05) is 6.04 Å². The van der Waals surface area contributed by atoms with Gasteiger partial charge in [0.1, 0.15) is 11.6 Å². The van der Waals surface area contributed by atoms with Gasteiger partial charge in [0.2, 0.25) is 0 Å². The molecule has 0 aliphatic rings. The maximum Gasteiger partial charge on any atom is 0.141 e. The van der Waals surface area contributed by atoms with E-state index in [1.165, 1.54) is 6.07 Å². The average Bonchev–Trinajstić information content (AvgIpc) is 2.51. The standard InChI is InChI=1S/C16H18ClFN2O/c17-15-11-12(6-7-16(15)18)10-13(20-19)8-9-21-14-4-2-1-3-5-14/h1-7,11,13,20H,8-10,19H2. The molecule has 0 radical (unpaired) electrons. The zero-order valence-corrected chi connectivity index (χ0v) is 12.3. The van der Waals surface area contributed by atoms with Gasteiger partial charge in [-0.2, -0.15) is 0 Å². The Morgan fingerprint density at radius 1 is 1.19 bits per heavy atom. The van der Waals surface area contributed by atoms with Gasteiger partial charge in [0.15, 0.2) is 0 Å². The minimum absolute atomic E-state index is 0.0373. The second kappa shape index (κ2) is 7.98. The number of benzene rings is 2. The van der Waals surface area contributed by atoms with Crippen LogP contribution in [0.1, 0.15) is 12.0 Å². The van der Waals surface area contributed by atoms with Gasteiger partial charge in [-0.25, -0.2) is 4.39 Å². The molecular weight excluding hydrogens is 291 g/mol. The molecule has 0 bridgehead atoms. The maximum absolute atomic E-state index is 13.1. The lowest BCUT2D eigenvalue weighted by Crippen LogP contribution is -2.37. The molecule has 0 aliphatic carbocycles. The Hall–Kier alpha value is -1.62. The summed E-state index contributed by atoms with van der Waals surface area (Å²) in [5, 5.41) is 0.129. The van der Waals surface area contributed by atoms with E-state index in [0.29, 0.717) is 13.0 Å². The summed E-state index contributed by atoms with van der Waals surface area (Å²) in [4.78, 5) is 0. The van der Waals surface area contributed by atoms with Crippen molar-refractivity contribution in [2.24, 2.45) is 5.84 Å². The van der Waals surface area contributed by atoms with E-state index >= 15 is 0 Å². The SMILES string of the molecule is NNC(CCOc1ccccc1)Cc1ccc(F)c(Cl)c1. The molecule has 0 saturated heterocycles. The van der Waals surface area contributed by atoms with Crippen molar-refractivity contribution in [1.29, 1.82) is 0 Å². The quantitative estimate of drug-likeness (QED) is 0.609. The number of rotatable bonds is 7. The molecule has 1 unspecified atom stereocenters. The molecule has 2 aromatic rings. The fraction of sp³-hybridized carbons (Fsp3) is 0.250. The molecule has 0 aromatic heterocycles. The van der Waals surface area contributed by atoms with Crippen molar-refractivity contribution in [1.82, 2.24) is 5.43 Å². The summed E-state index contributed by atoms with van der Waals surface area (Å²) in [7, 11) is 0. The first kappa shape index (κ1) is 15.8. The Kier molecular flexibility index (Phi) is 5.99. The maximum atomic E-state index is 13.1. The highest BCUT2D eigenvalue weighted by Gasteiger charge is 2.10. The zero-order valence-electron chi connectivity index (χ0n) is 11.6. The van der Waals surface area contributed by atoms with Crippen LogP contribution in [0.4, 0.5) is 4.39 Å². The molecule has 3 nitrogen and oxygen atoms in total. The Morgan fingerprint density at radius 3 is 2.62 bits per heavy atom. The molecular formula is C16H18ClFN2O. The Morgan fingerprint density at radius 2 is 1.95 bits per heavy atom. The van der Waals surface area contributed by atoms with Crippen molar-refractivity contribution in [3.8, 4) is 5.75 Å². The third-order valence-corrected chi connectivity index (χ3v) is 3.47. The van der Waals surface area contributed by atoms with Crippen molar-refractivity contribution < 1.29 is 9.13 Å². The number of nitrogens with two attached hydrogens (primary N) is 1. The number of para-hydroxylation sites is 1. The first-order valence-corrected chi connectivity index (χ1v) is 7.14. The van der Waals surface area contributed by atoms with E-state index in [9.17, 15) is 4.39 Å². The van der Waals surface area contributed by atoms with E-state index in [-0.39, 0.29) is 11.1 Å². The second-order valence-electron chi connectivity index (χ2n) is 4.77. The Labute approximate surface area is 128 Å². The molecule has 0 heterocycles. The van der Waals surface area contributed by atoms with Gasteiger partial charge < -0.3 is 4.74 Å². The van der Waals surface area contributed by atoms with Crippen LogP contribution in [0.5, 0.6) is 5.75 Å². The lowest BCUT2D eigenvalue weighted by atomic mass is 10.0. The van der Waals surface area contributed by atoms with Crippen LogP contribution < -0.4 is 16.0 Å². The average molecular weight is 309 g/mol. The van der Waals surface area contributed by atoms with E-state index in [1.54, 1.807) is 12.1 Å². The van der Waals surface area contributed by atoms with Crippen LogP contribution in [0.15, 0.2) is 48.5 Å². The van der Waals surface area contributed by atoms with E-state index in [4.69, 9.17) is 22.2 Å². The molecule has 5 heteroatoms. The molecule has 2 aromatic carbocycles. The van der Waals surface area contributed by atoms with Gasteiger partial charge in [0.05, 0.1) is 11.6 Å². The molecule has 0 fully saturated rings. The predicted molar refractivity (Wildman–Crippen MR) is 82.8 cm³/mol. The summed E-state index contributed by atoms with van der Waals surface area (Å²) in [6, 6.07) is 14.3. The molecule has 21 heavy (non-hydrogen) atoms. The molecule has 112 valence electrons. The number of ether oxygens (including phenoxy) is 1. The number of hydrogen-bond donors (Lipinski definition) is 2. The molecule has 1 atom stereocenters. The van der Waals surface area contributed by atoms with Crippen LogP contribution in [0.2, 0.25) is 5.02 Å². The minimum Gasteiger partial charge on any atom is -0.494 e. The smallest absolute Gasteiger partial charge is 0.141 e. The molecule has 0 spiro atoms. The van der Waals surface area contributed by atoms with Gasteiger partial charge in [-0.15, -0.1) is 0 Å². The van der Waals surface area contributed by atoms with E-state index in [2.05, 4.69) is 5.43 Å². The van der Waals surface area contributed by atoms with Crippen molar-refractivity contribution in [2.45, 2.75) is 18.9 Å². The third kappa shape index (κ3) is 5.01. The zero-order chi connectivity index (χ0) is 15.1. The highest BCUT2D eigenvalue weighted by molar-refractivity contribution is 6.30. The number of hydrazine groups is 1. The first-order valence-electron chi connectivity index (χ1n) is 6.77. The van der Waals surface area contributed by atoms with Crippen molar-refractivity contribution in [2.75, 3.05) is 6.61 Å². The number of halogens is 2. The van der Waals surface area contributed by atoms with Crippen LogP contribution in [0.3, 0.4) is 0 Å². The molecule has 0 saturated carbocycles. The van der Waals surface area contributed by atoms with Crippen LogP contribution in [-0.4, -0.2) is 12.6 Å². The summed E-state index contributed by atoms with van der Waals surface area (Å²) in [5.74, 6) is 5.98. The first-order chi connectivity index (χ1) is 10.2. The molecule has 2 rings (SSSR count). The van der Waals surface area contributed by atoms with Crippen LogP contribution in [0, 0.1) is 5.82 Å². The Bertz CT molecular complexity index is 565. The monoisotopic (exact) mass is 308 g/mol. The topological polar surface area (TPSA) is 47.3 Å². The van der Waals surface area contributed by atoms with Gasteiger partial charge in [-0.3, -0.25) is 11.3 Å². The lowest BCUT2D eigenvalue weighted by molar-refractivity contribution is 0.285. The summed E-state index contributed by atoms with van der Waals surface area (Å²) in [5.41, 5.74) is 3.69. The number of nitrogens with one attached hydrogen (secondary N) is 1.